The molecule has 2 saturated heterocycles. The fourth-order valence-corrected chi connectivity index (χ4v) is 2.73. The van der Waals surface area contributed by atoms with Crippen molar-refractivity contribution >= 4 is 0 Å². The molecule has 100 valence electrons. The van der Waals surface area contributed by atoms with Crippen LogP contribution in [0, 0.1) is 17.1 Å². The van der Waals surface area contributed by atoms with Gasteiger partial charge in [-0.3, -0.25) is 4.90 Å². The van der Waals surface area contributed by atoms with Gasteiger partial charge in [0.25, 0.3) is 0 Å². The lowest BCUT2D eigenvalue weighted by atomic mass is 10.0. The first-order valence-electron chi connectivity index (χ1n) is 6.54. The molecule has 0 radical (unpaired) electrons. The zero-order valence-electron chi connectivity index (χ0n) is 10.6. The highest BCUT2D eigenvalue weighted by atomic mass is 19.1. The molecule has 19 heavy (non-hydrogen) atoms. The van der Waals surface area contributed by atoms with Gasteiger partial charge in [-0.1, -0.05) is 6.07 Å². The lowest BCUT2D eigenvalue weighted by Crippen LogP contribution is -2.57. The second-order valence-corrected chi connectivity index (χ2v) is 5.03. The van der Waals surface area contributed by atoms with Gasteiger partial charge in [-0.25, -0.2) is 4.39 Å². The molecule has 5 heteroatoms. The highest BCUT2D eigenvalue weighted by molar-refractivity contribution is 5.35. The SMILES string of the molecule is N#Cc1cc([C@@H]2CN3CCNCC3CO2)ccc1F. The molecule has 2 heterocycles. The normalized spacial score (nSPS) is 27.6. The maximum atomic E-state index is 13.3. The second kappa shape index (κ2) is 5.25. The second-order valence-electron chi connectivity index (χ2n) is 5.03. The Kier molecular flexibility index (Phi) is 3.47. The predicted octanol–water partition coefficient (Wildman–Crippen LogP) is 1.04. The zero-order valence-corrected chi connectivity index (χ0v) is 10.6. The summed E-state index contributed by atoms with van der Waals surface area (Å²) in [5.41, 5.74) is 0.971. The van der Waals surface area contributed by atoms with Crippen molar-refractivity contribution in [2.45, 2.75) is 12.1 Å². The van der Waals surface area contributed by atoms with Gasteiger partial charge >= 0.3 is 0 Å². The molecular weight excluding hydrogens is 245 g/mol. The van der Waals surface area contributed by atoms with E-state index in [-0.39, 0.29) is 11.7 Å². The van der Waals surface area contributed by atoms with Crippen molar-refractivity contribution in [1.29, 1.82) is 5.26 Å². The molecule has 0 aliphatic carbocycles. The average Bonchev–Trinajstić information content (AvgIpc) is 2.47. The van der Waals surface area contributed by atoms with Crippen molar-refractivity contribution in [3.63, 3.8) is 0 Å². The third kappa shape index (κ3) is 2.47. The lowest BCUT2D eigenvalue weighted by molar-refractivity contribution is -0.0718. The molecule has 0 saturated carbocycles. The van der Waals surface area contributed by atoms with Gasteiger partial charge in [0.05, 0.1) is 18.3 Å². The number of halogens is 1. The number of nitrogens with one attached hydrogen (secondary N) is 1. The van der Waals surface area contributed by atoms with Crippen LogP contribution in [0.2, 0.25) is 0 Å². The summed E-state index contributed by atoms with van der Waals surface area (Å²) in [5.74, 6) is -0.470. The number of nitriles is 1. The number of morpholine rings is 1. The van der Waals surface area contributed by atoms with Crippen LogP contribution in [0.15, 0.2) is 18.2 Å². The smallest absolute Gasteiger partial charge is 0.140 e. The van der Waals surface area contributed by atoms with Gasteiger partial charge in [0.1, 0.15) is 11.9 Å². The van der Waals surface area contributed by atoms with Crippen LogP contribution in [0.1, 0.15) is 17.2 Å². The maximum Gasteiger partial charge on any atom is 0.140 e. The Morgan fingerprint density at radius 3 is 3.21 bits per heavy atom. The minimum atomic E-state index is -0.470. The van der Waals surface area contributed by atoms with Crippen LogP contribution in [0.3, 0.4) is 0 Å². The van der Waals surface area contributed by atoms with Crippen molar-refractivity contribution in [3.05, 3.63) is 35.1 Å². The van der Waals surface area contributed by atoms with Crippen molar-refractivity contribution in [2.75, 3.05) is 32.8 Å². The molecule has 0 bridgehead atoms. The number of hydrogen-bond acceptors (Lipinski definition) is 4. The molecular formula is C14H16FN3O. The van der Waals surface area contributed by atoms with Crippen molar-refractivity contribution in [1.82, 2.24) is 10.2 Å². The van der Waals surface area contributed by atoms with E-state index in [1.54, 1.807) is 12.1 Å². The molecule has 1 aromatic rings. The molecule has 0 amide bonds. The Balaban J connectivity index is 1.78. The van der Waals surface area contributed by atoms with E-state index in [0.29, 0.717) is 12.6 Å². The summed E-state index contributed by atoms with van der Waals surface area (Å²) >= 11 is 0. The van der Waals surface area contributed by atoms with Crippen LogP contribution in [0.4, 0.5) is 4.39 Å². The largest absolute Gasteiger partial charge is 0.371 e. The number of nitrogens with zero attached hydrogens (tertiary/aromatic N) is 2. The van der Waals surface area contributed by atoms with E-state index in [4.69, 9.17) is 10.00 Å². The summed E-state index contributed by atoms with van der Waals surface area (Å²) < 4.78 is 19.2. The molecule has 3 rings (SSSR count). The molecule has 1 N–H and O–H groups in total. The van der Waals surface area contributed by atoms with Crippen LogP contribution in [0.5, 0.6) is 0 Å². The van der Waals surface area contributed by atoms with Gasteiger partial charge in [-0.15, -0.1) is 0 Å². The minimum absolute atomic E-state index is 0.0675. The summed E-state index contributed by atoms with van der Waals surface area (Å²) in [5, 5.41) is 12.2. The van der Waals surface area contributed by atoms with Gasteiger partial charge in [0.2, 0.25) is 0 Å². The molecule has 0 aromatic heterocycles. The maximum absolute atomic E-state index is 13.3. The molecule has 2 aliphatic heterocycles. The summed E-state index contributed by atoms with van der Waals surface area (Å²) in [4.78, 5) is 2.40. The van der Waals surface area contributed by atoms with E-state index in [0.717, 1.165) is 31.7 Å². The number of rotatable bonds is 1. The predicted molar refractivity (Wildman–Crippen MR) is 68.0 cm³/mol. The third-order valence-electron chi connectivity index (χ3n) is 3.84. The summed E-state index contributed by atoms with van der Waals surface area (Å²) in [6.45, 7) is 4.45. The number of benzene rings is 1. The van der Waals surface area contributed by atoms with E-state index >= 15 is 0 Å². The van der Waals surface area contributed by atoms with Crippen LogP contribution >= 0.6 is 0 Å². The van der Waals surface area contributed by atoms with E-state index in [1.165, 1.54) is 6.07 Å². The average molecular weight is 261 g/mol. The third-order valence-corrected chi connectivity index (χ3v) is 3.84. The fraction of sp³-hybridized carbons (Fsp3) is 0.500. The van der Waals surface area contributed by atoms with E-state index in [9.17, 15) is 4.39 Å². The molecule has 1 aromatic carbocycles. The standard InChI is InChI=1S/C14H16FN3O/c15-13-2-1-10(5-11(13)6-16)14-8-18-4-3-17-7-12(18)9-19-14/h1-2,5,12,14,17H,3-4,7-9H2/t12?,14-/m0/s1. The Bertz CT molecular complexity index is 514. The van der Waals surface area contributed by atoms with Crippen LogP contribution in [0.25, 0.3) is 0 Å². The summed E-state index contributed by atoms with van der Waals surface area (Å²) in [7, 11) is 0. The van der Waals surface area contributed by atoms with Crippen LogP contribution in [-0.2, 0) is 4.74 Å². The Morgan fingerprint density at radius 1 is 1.47 bits per heavy atom. The van der Waals surface area contributed by atoms with E-state index in [1.807, 2.05) is 6.07 Å². The van der Waals surface area contributed by atoms with Crippen LogP contribution in [-0.4, -0.2) is 43.7 Å². The Labute approximate surface area is 111 Å². The molecule has 4 nitrogen and oxygen atoms in total. The van der Waals surface area contributed by atoms with Crippen LogP contribution < -0.4 is 5.32 Å². The zero-order chi connectivity index (χ0) is 13.2. The van der Waals surface area contributed by atoms with E-state index < -0.39 is 5.82 Å². The highest BCUT2D eigenvalue weighted by Gasteiger charge is 2.31. The van der Waals surface area contributed by atoms with Gasteiger partial charge < -0.3 is 10.1 Å². The van der Waals surface area contributed by atoms with Crippen molar-refractivity contribution < 1.29 is 9.13 Å². The minimum Gasteiger partial charge on any atom is -0.371 e. The Hall–Kier alpha value is -1.48. The summed E-state index contributed by atoms with van der Waals surface area (Å²) in [6.07, 6.45) is -0.0675. The first-order valence-corrected chi connectivity index (χ1v) is 6.54. The van der Waals surface area contributed by atoms with Gasteiger partial charge in [-0.2, -0.15) is 5.26 Å². The highest BCUT2D eigenvalue weighted by Crippen LogP contribution is 2.26. The molecule has 1 unspecified atom stereocenters. The number of ether oxygens (including phenoxy) is 1. The fourth-order valence-electron chi connectivity index (χ4n) is 2.73. The Morgan fingerprint density at radius 2 is 2.37 bits per heavy atom. The molecule has 0 spiro atoms. The van der Waals surface area contributed by atoms with E-state index in [2.05, 4.69) is 10.2 Å². The van der Waals surface area contributed by atoms with Gasteiger partial charge in [0, 0.05) is 32.2 Å². The van der Waals surface area contributed by atoms with Crippen molar-refractivity contribution in [3.8, 4) is 6.07 Å². The monoisotopic (exact) mass is 261 g/mol. The number of hydrogen-bond donors (Lipinski definition) is 1. The first kappa shape index (κ1) is 12.5. The molecule has 2 atom stereocenters. The van der Waals surface area contributed by atoms with Gasteiger partial charge in [0.15, 0.2) is 0 Å². The first-order chi connectivity index (χ1) is 9.28. The molecule has 2 fully saturated rings. The number of piperazine rings is 1. The quantitative estimate of drug-likeness (QED) is 0.820. The van der Waals surface area contributed by atoms with Gasteiger partial charge in [-0.05, 0) is 17.7 Å². The lowest BCUT2D eigenvalue weighted by Gasteiger charge is -2.42. The topological polar surface area (TPSA) is 48.3 Å². The number of fused-ring (bicyclic) bond motifs is 1. The summed E-state index contributed by atoms with van der Waals surface area (Å²) in [6, 6.07) is 6.97. The van der Waals surface area contributed by atoms with Crippen molar-refractivity contribution in [2.24, 2.45) is 0 Å². The molecule has 2 aliphatic rings.